The number of imide groups is 1. The number of fused-ring (bicyclic) bond motifs is 1. The normalized spacial score (nSPS) is 29.4. The number of aliphatic hydroxyl groups excluding tert-OH is 1. The second-order valence-corrected chi connectivity index (χ2v) is 5.48. The highest BCUT2D eigenvalue weighted by Gasteiger charge is 2.47. The molecule has 0 aromatic heterocycles. The first kappa shape index (κ1) is 15.0. The molecule has 5 nitrogen and oxygen atoms in total. The van der Waals surface area contributed by atoms with E-state index in [2.05, 4.69) is 5.32 Å². The SMILES string of the molecule is O=C1NC(=O)[C@@H]2C[C@@H](O)CN2C1c1cccc(C(F)(F)F)c1. The lowest BCUT2D eigenvalue weighted by Crippen LogP contribution is -2.56. The van der Waals surface area contributed by atoms with Crippen molar-refractivity contribution < 1.29 is 27.9 Å². The number of hydrogen-bond donors (Lipinski definition) is 2. The first-order valence-corrected chi connectivity index (χ1v) is 6.73. The van der Waals surface area contributed by atoms with Crippen LogP contribution in [0.1, 0.15) is 23.6 Å². The number of carbonyl (C=O) groups is 2. The van der Waals surface area contributed by atoms with Gasteiger partial charge < -0.3 is 5.11 Å². The molecule has 0 aliphatic carbocycles. The molecule has 0 radical (unpaired) electrons. The number of piperazine rings is 1. The number of halogens is 3. The lowest BCUT2D eigenvalue weighted by Gasteiger charge is -2.35. The maximum atomic E-state index is 12.8. The van der Waals surface area contributed by atoms with Crippen molar-refractivity contribution >= 4 is 11.8 Å². The number of nitrogens with one attached hydrogen (secondary N) is 1. The van der Waals surface area contributed by atoms with Crippen molar-refractivity contribution in [2.75, 3.05) is 6.54 Å². The molecule has 2 fully saturated rings. The van der Waals surface area contributed by atoms with Crippen molar-refractivity contribution in [2.24, 2.45) is 0 Å². The molecule has 22 heavy (non-hydrogen) atoms. The van der Waals surface area contributed by atoms with E-state index in [-0.39, 0.29) is 18.5 Å². The van der Waals surface area contributed by atoms with Crippen LogP contribution in [0.25, 0.3) is 0 Å². The van der Waals surface area contributed by atoms with Crippen LogP contribution in [0.3, 0.4) is 0 Å². The Bertz CT molecular complexity index is 632. The Morgan fingerprint density at radius 1 is 1.23 bits per heavy atom. The summed E-state index contributed by atoms with van der Waals surface area (Å²) in [5.74, 6) is -1.19. The molecule has 2 saturated heterocycles. The van der Waals surface area contributed by atoms with E-state index in [0.29, 0.717) is 0 Å². The minimum absolute atomic E-state index is 0.0741. The summed E-state index contributed by atoms with van der Waals surface area (Å²) in [5, 5.41) is 11.9. The smallest absolute Gasteiger partial charge is 0.392 e. The Kier molecular flexibility index (Phi) is 3.45. The van der Waals surface area contributed by atoms with E-state index >= 15 is 0 Å². The predicted octanol–water partition coefficient (Wildman–Crippen LogP) is 0.838. The fourth-order valence-electron chi connectivity index (χ4n) is 3.03. The molecule has 2 aliphatic rings. The van der Waals surface area contributed by atoms with Crippen molar-refractivity contribution in [3.8, 4) is 0 Å². The van der Waals surface area contributed by atoms with Gasteiger partial charge in [-0.2, -0.15) is 13.2 Å². The second kappa shape index (κ2) is 5.06. The van der Waals surface area contributed by atoms with Gasteiger partial charge >= 0.3 is 6.18 Å². The third-order valence-electron chi connectivity index (χ3n) is 3.98. The van der Waals surface area contributed by atoms with Gasteiger partial charge in [-0.05, 0) is 24.1 Å². The maximum absolute atomic E-state index is 12.8. The van der Waals surface area contributed by atoms with E-state index in [4.69, 9.17) is 0 Å². The van der Waals surface area contributed by atoms with Gasteiger partial charge in [0.2, 0.25) is 11.8 Å². The van der Waals surface area contributed by atoms with Gasteiger partial charge in [0.05, 0.1) is 17.7 Å². The quantitative estimate of drug-likeness (QED) is 0.754. The number of nitrogens with zero attached hydrogens (tertiary/aromatic N) is 1. The summed E-state index contributed by atoms with van der Waals surface area (Å²) in [6, 6.07) is 2.75. The van der Waals surface area contributed by atoms with Gasteiger partial charge in [0.1, 0.15) is 6.04 Å². The molecule has 3 rings (SSSR count). The van der Waals surface area contributed by atoms with Gasteiger partial charge in [-0.1, -0.05) is 12.1 Å². The molecule has 0 bridgehead atoms. The van der Waals surface area contributed by atoms with Gasteiger partial charge in [-0.25, -0.2) is 0 Å². The first-order valence-electron chi connectivity index (χ1n) is 6.73. The van der Waals surface area contributed by atoms with Crippen LogP contribution in [0.2, 0.25) is 0 Å². The van der Waals surface area contributed by atoms with Crippen molar-refractivity contribution in [3.05, 3.63) is 35.4 Å². The van der Waals surface area contributed by atoms with Gasteiger partial charge in [0, 0.05) is 6.54 Å². The monoisotopic (exact) mass is 314 g/mol. The van der Waals surface area contributed by atoms with E-state index < -0.39 is 41.7 Å². The largest absolute Gasteiger partial charge is 0.416 e. The molecule has 1 unspecified atom stereocenters. The molecule has 2 heterocycles. The fraction of sp³-hybridized carbons (Fsp3) is 0.429. The van der Waals surface area contributed by atoms with Crippen molar-refractivity contribution in [3.63, 3.8) is 0 Å². The Hall–Kier alpha value is -1.93. The van der Waals surface area contributed by atoms with Gasteiger partial charge in [-0.3, -0.25) is 19.8 Å². The van der Waals surface area contributed by atoms with E-state index in [9.17, 15) is 27.9 Å². The second-order valence-electron chi connectivity index (χ2n) is 5.48. The van der Waals surface area contributed by atoms with E-state index in [0.717, 1.165) is 12.1 Å². The summed E-state index contributed by atoms with van der Waals surface area (Å²) in [6.45, 7) is 0.0741. The van der Waals surface area contributed by atoms with Gasteiger partial charge in [-0.15, -0.1) is 0 Å². The maximum Gasteiger partial charge on any atom is 0.416 e. The van der Waals surface area contributed by atoms with E-state index in [1.54, 1.807) is 0 Å². The lowest BCUT2D eigenvalue weighted by molar-refractivity contribution is -0.144. The summed E-state index contributed by atoms with van der Waals surface area (Å²) in [5.41, 5.74) is -0.704. The number of hydrogen-bond acceptors (Lipinski definition) is 4. The Morgan fingerprint density at radius 2 is 1.95 bits per heavy atom. The molecular weight excluding hydrogens is 301 g/mol. The number of amides is 2. The van der Waals surface area contributed by atoms with Crippen LogP contribution in [0, 0.1) is 0 Å². The zero-order valence-electron chi connectivity index (χ0n) is 11.3. The summed E-state index contributed by atoms with van der Waals surface area (Å²) in [6.07, 6.45) is -5.13. The molecule has 3 atom stereocenters. The standard InChI is InChI=1S/C14H13F3N2O3/c15-14(16,17)8-3-1-2-7(4-8)11-13(22)18-12(21)10-5-9(20)6-19(10)11/h1-4,9-11,20H,5-6H2,(H,18,21,22)/t9-,10+,11?/m1/s1. The Morgan fingerprint density at radius 3 is 2.64 bits per heavy atom. The summed E-state index contributed by atoms with van der Waals surface area (Å²) in [4.78, 5) is 25.3. The average Bonchev–Trinajstić information content (AvgIpc) is 2.80. The number of rotatable bonds is 1. The average molecular weight is 314 g/mol. The van der Waals surface area contributed by atoms with Crippen LogP contribution in [0.4, 0.5) is 13.2 Å². The van der Waals surface area contributed by atoms with Crippen molar-refractivity contribution in [1.82, 2.24) is 10.2 Å². The predicted molar refractivity (Wildman–Crippen MR) is 68.5 cm³/mol. The molecule has 2 aliphatic heterocycles. The minimum atomic E-state index is -4.51. The van der Waals surface area contributed by atoms with Crippen LogP contribution in [-0.4, -0.2) is 40.5 Å². The van der Waals surface area contributed by atoms with Crippen molar-refractivity contribution in [1.29, 1.82) is 0 Å². The van der Waals surface area contributed by atoms with Crippen molar-refractivity contribution in [2.45, 2.75) is 30.8 Å². The highest BCUT2D eigenvalue weighted by atomic mass is 19.4. The van der Waals surface area contributed by atoms with Crippen LogP contribution in [-0.2, 0) is 15.8 Å². The summed E-state index contributed by atoms with van der Waals surface area (Å²) in [7, 11) is 0. The van der Waals surface area contributed by atoms with Gasteiger partial charge in [0.15, 0.2) is 0 Å². The highest BCUT2D eigenvalue weighted by Crippen LogP contribution is 2.36. The molecule has 1 aromatic carbocycles. The fourth-order valence-corrected chi connectivity index (χ4v) is 3.03. The first-order chi connectivity index (χ1) is 10.3. The third-order valence-corrected chi connectivity index (χ3v) is 3.98. The topological polar surface area (TPSA) is 69.6 Å². The molecule has 0 saturated carbocycles. The van der Waals surface area contributed by atoms with Crippen LogP contribution in [0.5, 0.6) is 0 Å². The molecule has 0 spiro atoms. The van der Waals surface area contributed by atoms with Gasteiger partial charge in [0.25, 0.3) is 0 Å². The van der Waals surface area contributed by atoms with Crippen LogP contribution >= 0.6 is 0 Å². The molecular formula is C14H13F3N2O3. The number of carbonyl (C=O) groups excluding carboxylic acids is 2. The number of alkyl halides is 3. The van der Waals surface area contributed by atoms with Crippen LogP contribution < -0.4 is 5.32 Å². The van der Waals surface area contributed by atoms with E-state index in [1.165, 1.54) is 17.0 Å². The van der Waals surface area contributed by atoms with Crippen LogP contribution in [0.15, 0.2) is 24.3 Å². The van der Waals surface area contributed by atoms with E-state index in [1.807, 2.05) is 0 Å². The number of benzene rings is 1. The Balaban J connectivity index is 1.99. The molecule has 8 heteroatoms. The summed E-state index contributed by atoms with van der Waals surface area (Å²) < 4.78 is 38.4. The summed E-state index contributed by atoms with van der Waals surface area (Å²) >= 11 is 0. The zero-order chi connectivity index (χ0) is 16.1. The minimum Gasteiger partial charge on any atom is -0.392 e. The number of aliphatic hydroxyl groups is 1. The molecule has 2 amide bonds. The molecule has 2 N–H and O–H groups in total. The molecule has 1 aromatic rings. The molecule has 118 valence electrons. The highest BCUT2D eigenvalue weighted by molar-refractivity contribution is 6.03. The third kappa shape index (κ3) is 2.48. The Labute approximate surface area is 123 Å². The zero-order valence-corrected chi connectivity index (χ0v) is 11.3. The lowest BCUT2D eigenvalue weighted by atomic mass is 9.98.